The van der Waals surface area contributed by atoms with E-state index in [9.17, 15) is 4.79 Å². The highest BCUT2D eigenvalue weighted by atomic mass is 32.1. The van der Waals surface area contributed by atoms with Gasteiger partial charge in [0.05, 0.1) is 12.0 Å². The topological polar surface area (TPSA) is 58.6 Å². The Bertz CT molecular complexity index is 695. The third kappa shape index (κ3) is 3.61. The predicted molar refractivity (Wildman–Crippen MR) is 96.8 cm³/mol. The van der Waals surface area contributed by atoms with Crippen molar-refractivity contribution < 1.29 is 9.53 Å². The minimum absolute atomic E-state index is 0.195. The van der Waals surface area contributed by atoms with Crippen LogP contribution in [0.4, 0.5) is 10.6 Å². The van der Waals surface area contributed by atoms with E-state index in [-0.39, 0.29) is 6.09 Å². The Morgan fingerprint density at radius 1 is 1.25 bits per heavy atom. The van der Waals surface area contributed by atoms with E-state index < -0.39 is 0 Å². The van der Waals surface area contributed by atoms with Gasteiger partial charge in [-0.1, -0.05) is 20.3 Å². The van der Waals surface area contributed by atoms with Crippen molar-refractivity contribution >= 4 is 33.5 Å². The van der Waals surface area contributed by atoms with Gasteiger partial charge >= 0.3 is 6.09 Å². The van der Waals surface area contributed by atoms with Gasteiger partial charge in [-0.25, -0.2) is 14.8 Å². The molecule has 0 unspecified atom stereocenters. The second kappa shape index (κ2) is 7.79. The number of amides is 1. The zero-order valence-electron chi connectivity index (χ0n) is 14.3. The zero-order chi connectivity index (χ0) is 16.9. The lowest BCUT2D eigenvalue weighted by atomic mass is 10.2. The largest absolute Gasteiger partial charge is 0.449 e. The second-order valence-electron chi connectivity index (χ2n) is 5.92. The lowest BCUT2D eigenvalue weighted by Gasteiger charge is -2.34. The van der Waals surface area contributed by atoms with Gasteiger partial charge in [0.2, 0.25) is 0 Å². The standard InChI is InChI=1S/C17H24N4O2S/c1-3-5-10-23-17(22)21-8-6-20(7-9-21)15-14-11-13(4-2)24-16(14)19-12-18-15/h11-12H,3-10H2,1-2H3. The van der Waals surface area contributed by atoms with Gasteiger partial charge < -0.3 is 14.5 Å². The molecule has 130 valence electrons. The highest BCUT2D eigenvalue weighted by Crippen LogP contribution is 2.30. The van der Waals surface area contributed by atoms with Crippen LogP contribution in [0, 0.1) is 0 Å². The summed E-state index contributed by atoms with van der Waals surface area (Å²) in [4.78, 5) is 27.3. The lowest BCUT2D eigenvalue weighted by Crippen LogP contribution is -2.49. The van der Waals surface area contributed by atoms with Crippen LogP contribution in [0.3, 0.4) is 0 Å². The summed E-state index contributed by atoms with van der Waals surface area (Å²) in [6.07, 6.45) is 4.41. The Morgan fingerprint density at radius 2 is 2.04 bits per heavy atom. The molecule has 1 amide bonds. The zero-order valence-corrected chi connectivity index (χ0v) is 15.1. The van der Waals surface area contributed by atoms with Crippen LogP contribution < -0.4 is 4.90 Å². The molecule has 0 spiro atoms. The summed E-state index contributed by atoms with van der Waals surface area (Å²) in [5.41, 5.74) is 0. The van der Waals surface area contributed by atoms with Crippen molar-refractivity contribution in [2.45, 2.75) is 33.1 Å². The Kier molecular flexibility index (Phi) is 5.50. The number of aryl methyl sites for hydroxylation is 1. The quantitative estimate of drug-likeness (QED) is 0.776. The number of hydrogen-bond donors (Lipinski definition) is 0. The van der Waals surface area contributed by atoms with Gasteiger partial charge in [-0.2, -0.15) is 0 Å². The molecule has 2 aromatic rings. The van der Waals surface area contributed by atoms with Crippen molar-refractivity contribution in [2.75, 3.05) is 37.7 Å². The third-order valence-electron chi connectivity index (χ3n) is 4.27. The Labute approximate surface area is 146 Å². The van der Waals surface area contributed by atoms with Crippen molar-refractivity contribution in [1.82, 2.24) is 14.9 Å². The molecular formula is C17H24N4O2S. The number of hydrogen-bond acceptors (Lipinski definition) is 6. The van der Waals surface area contributed by atoms with Gasteiger partial charge in [0, 0.05) is 31.1 Å². The van der Waals surface area contributed by atoms with Gasteiger partial charge in [-0.3, -0.25) is 0 Å². The summed E-state index contributed by atoms with van der Waals surface area (Å²) in [5.74, 6) is 0.981. The van der Waals surface area contributed by atoms with Crippen molar-refractivity contribution in [2.24, 2.45) is 0 Å². The first-order valence-corrected chi connectivity index (χ1v) is 9.44. The number of ether oxygens (including phenoxy) is 1. The SMILES string of the molecule is CCCCOC(=O)N1CCN(c2ncnc3sc(CC)cc23)CC1. The number of aromatic nitrogens is 2. The van der Waals surface area contributed by atoms with E-state index in [1.807, 2.05) is 0 Å². The minimum atomic E-state index is -0.195. The molecular weight excluding hydrogens is 324 g/mol. The molecule has 0 saturated carbocycles. The Morgan fingerprint density at radius 3 is 2.75 bits per heavy atom. The first kappa shape index (κ1) is 17.0. The molecule has 1 saturated heterocycles. The van der Waals surface area contributed by atoms with Gasteiger partial charge in [0.15, 0.2) is 0 Å². The molecule has 1 aliphatic heterocycles. The fourth-order valence-corrected chi connectivity index (χ4v) is 3.74. The van der Waals surface area contributed by atoms with E-state index in [1.54, 1.807) is 22.6 Å². The molecule has 3 heterocycles. The maximum Gasteiger partial charge on any atom is 0.409 e. The van der Waals surface area contributed by atoms with Crippen LogP contribution in [0.1, 0.15) is 31.6 Å². The number of nitrogens with zero attached hydrogens (tertiary/aromatic N) is 4. The average molecular weight is 348 g/mol. The number of fused-ring (bicyclic) bond motifs is 1. The molecule has 0 N–H and O–H groups in total. The summed E-state index contributed by atoms with van der Waals surface area (Å²) in [6, 6.07) is 2.20. The summed E-state index contributed by atoms with van der Waals surface area (Å²) in [5, 5.41) is 1.12. The molecule has 6 nitrogen and oxygen atoms in total. The van der Waals surface area contributed by atoms with E-state index in [4.69, 9.17) is 4.74 Å². The maximum atomic E-state index is 12.0. The minimum Gasteiger partial charge on any atom is -0.449 e. The smallest absolute Gasteiger partial charge is 0.409 e. The molecule has 1 fully saturated rings. The fraction of sp³-hybridized carbons (Fsp3) is 0.588. The average Bonchev–Trinajstić information content (AvgIpc) is 3.05. The van der Waals surface area contributed by atoms with Crippen LogP contribution in [-0.4, -0.2) is 53.7 Å². The molecule has 0 atom stereocenters. The molecule has 0 aromatic carbocycles. The molecule has 7 heteroatoms. The molecule has 0 radical (unpaired) electrons. The molecule has 1 aliphatic rings. The van der Waals surface area contributed by atoms with Crippen LogP contribution in [0.2, 0.25) is 0 Å². The van der Waals surface area contributed by atoms with Gasteiger partial charge in [-0.15, -0.1) is 11.3 Å². The second-order valence-corrected chi connectivity index (χ2v) is 7.04. The van der Waals surface area contributed by atoms with Crippen LogP contribution in [0.25, 0.3) is 10.2 Å². The maximum absolute atomic E-state index is 12.0. The van der Waals surface area contributed by atoms with E-state index in [0.29, 0.717) is 19.7 Å². The monoisotopic (exact) mass is 348 g/mol. The number of carbonyl (C=O) groups is 1. The van der Waals surface area contributed by atoms with Gasteiger partial charge in [0.1, 0.15) is 17.0 Å². The molecule has 2 aromatic heterocycles. The number of unbranched alkanes of at least 4 members (excludes halogenated alkanes) is 1. The first-order chi connectivity index (χ1) is 11.7. The summed E-state index contributed by atoms with van der Waals surface area (Å²) in [7, 11) is 0. The number of anilines is 1. The number of thiophene rings is 1. The Hall–Kier alpha value is -1.89. The first-order valence-electron chi connectivity index (χ1n) is 8.63. The van der Waals surface area contributed by atoms with Crippen molar-refractivity contribution in [3.8, 4) is 0 Å². The summed E-state index contributed by atoms with van der Waals surface area (Å²) >= 11 is 1.73. The number of rotatable bonds is 5. The summed E-state index contributed by atoms with van der Waals surface area (Å²) < 4.78 is 5.30. The molecule has 0 bridgehead atoms. The van der Waals surface area contributed by atoms with Crippen LogP contribution in [0.15, 0.2) is 12.4 Å². The lowest BCUT2D eigenvalue weighted by molar-refractivity contribution is 0.0989. The van der Waals surface area contributed by atoms with Crippen molar-refractivity contribution in [3.63, 3.8) is 0 Å². The van der Waals surface area contributed by atoms with E-state index in [1.165, 1.54) is 4.88 Å². The van der Waals surface area contributed by atoms with Crippen molar-refractivity contribution in [1.29, 1.82) is 0 Å². The van der Waals surface area contributed by atoms with Gasteiger partial charge in [0.25, 0.3) is 0 Å². The number of piperazine rings is 1. The highest BCUT2D eigenvalue weighted by Gasteiger charge is 2.24. The number of carbonyl (C=O) groups excluding carboxylic acids is 1. The molecule has 24 heavy (non-hydrogen) atoms. The normalized spacial score (nSPS) is 15.1. The van der Waals surface area contributed by atoms with Crippen LogP contribution in [0.5, 0.6) is 0 Å². The highest BCUT2D eigenvalue weighted by molar-refractivity contribution is 7.18. The Balaban J connectivity index is 1.64. The molecule has 3 rings (SSSR count). The van der Waals surface area contributed by atoms with E-state index in [2.05, 4.69) is 34.8 Å². The van der Waals surface area contributed by atoms with E-state index >= 15 is 0 Å². The van der Waals surface area contributed by atoms with Crippen LogP contribution >= 0.6 is 11.3 Å². The van der Waals surface area contributed by atoms with Crippen LogP contribution in [-0.2, 0) is 11.2 Å². The summed E-state index contributed by atoms with van der Waals surface area (Å²) in [6.45, 7) is 7.63. The molecule has 0 aliphatic carbocycles. The fourth-order valence-electron chi connectivity index (χ4n) is 2.82. The van der Waals surface area contributed by atoms with Gasteiger partial charge in [-0.05, 0) is 18.9 Å². The predicted octanol–water partition coefficient (Wildman–Crippen LogP) is 3.31. The third-order valence-corrected chi connectivity index (χ3v) is 5.46. The van der Waals surface area contributed by atoms with E-state index in [0.717, 1.165) is 48.4 Å². The van der Waals surface area contributed by atoms with Crippen molar-refractivity contribution in [3.05, 3.63) is 17.3 Å².